The number of carbonyl (C=O) groups is 1. The van der Waals surface area contributed by atoms with Gasteiger partial charge in [-0.3, -0.25) is 4.31 Å². The third kappa shape index (κ3) is 5.44. The summed E-state index contributed by atoms with van der Waals surface area (Å²) < 4.78 is 56.2. The van der Waals surface area contributed by atoms with E-state index in [4.69, 9.17) is 0 Å². The summed E-state index contributed by atoms with van der Waals surface area (Å²) in [4.78, 5) is 11.6. The van der Waals surface area contributed by atoms with Gasteiger partial charge in [0.25, 0.3) is 10.2 Å². The summed E-state index contributed by atoms with van der Waals surface area (Å²) in [6, 6.07) is 5.88. The highest BCUT2D eigenvalue weighted by Gasteiger charge is 2.20. The van der Waals surface area contributed by atoms with Crippen LogP contribution in [0.3, 0.4) is 0 Å². The molecule has 1 N–H and O–H groups in total. The van der Waals surface area contributed by atoms with Gasteiger partial charge in [0.1, 0.15) is 0 Å². The van der Waals surface area contributed by atoms with Crippen LogP contribution in [-0.2, 0) is 25.0 Å². The third-order valence-electron chi connectivity index (χ3n) is 3.04. The van der Waals surface area contributed by atoms with Crippen molar-refractivity contribution in [3.8, 4) is 0 Å². The van der Waals surface area contributed by atoms with Crippen molar-refractivity contribution in [2.45, 2.75) is 0 Å². The highest BCUT2D eigenvalue weighted by molar-refractivity contribution is 7.92. The van der Waals surface area contributed by atoms with Crippen LogP contribution in [-0.4, -0.2) is 67.7 Å². The van der Waals surface area contributed by atoms with Crippen LogP contribution in [0.4, 0.5) is 5.69 Å². The van der Waals surface area contributed by atoms with Gasteiger partial charge in [-0.05, 0) is 18.2 Å². The number of sulfonamides is 1. The van der Waals surface area contributed by atoms with Gasteiger partial charge in [-0.25, -0.2) is 17.9 Å². The van der Waals surface area contributed by atoms with Crippen molar-refractivity contribution in [2.75, 3.05) is 44.9 Å². The Morgan fingerprint density at radius 1 is 1.21 bits per heavy atom. The van der Waals surface area contributed by atoms with Gasteiger partial charge >= 0.3 is 5.97 Å². The lowest BCUT2D eigenvalue weighted by atomic mass is 10.2. The van der Waals surface area contributed by atoms with Gasteiger partial charge in [-0.2, -0.15) is 12.7 Å². The summed E-state index contributed by atoms with van der Waals surface area (Å²) in [7, 11) is -3.39. The number of nitrogens with one attached hydrogen (secondary N) is 1. The predicted octanol–water partition coefficient (Wildman–Crippen LogP) is -0.365. The lowest BCUT2D eigenvalue weighted by molar-refractivity contribution is 0.0600. The average Bonchev–Trinajstić information content (AvgIpc) is 2.49. The number of benzene rings is 1. The minimum Gasteiger partial charge on any atom is -0.465 e. The van der Waals surface area contributed by atoms with Crippen LogP contribution in [0.25, 0.3) is 0 Å². The molecule has 0 unspecified atom stereocenters. The summed E-state index contributed by atoms with van der Waals surface area (Å²) in [5, 5.41) is 0. The predicted molar refractivity (Wildman–Crippen MR) is 90.6 cm³/mol. The second-order valence-electron chi connectivity index (χ2n) is 5.06. The number of anilines is 1. The number of carbonyl (C=O) groups excluding carboxylic acids is 1. The molecule has 0 radical (unpaired) electrons. The van der Waals surface area contributed by atoms with Crippen molar-refractivity contribution in [2.24, 2.45) is 0 Å². The minimum atomic E-state index is -3.67. The fourth-order valence-electron chi connectivity index (χ4n) is 1.80. The van der Waals surface area contributed by atoms with E-state index in [0.29, 0.717) is 0 Å². The molecule has 0 fully saturated rings. The molecule has 0 aliphatic carbocycles. The molecule has 0 spiro atoms. The Labute approximate surface area is 142 Å². The minimum absolute atomic E-state index is 0.128. The van der Waals surface area contributed by atoms with Gasteiger partial charge in [0.15, 0.2) is 0 Å². The monoisotopic (exact) mass is 379 g/mol. The van der Waals surface area contributed by atoms with Gasteiger partial charge in [0.2, 0.25) is 10.0 Å². The summed E-state index contributed by atoms with van der Waals surface area (Å²) in [6.07, 6.45) is 0.998. The number of esters is 1. The number of hydrogen-bond donors (Lipinski definition) is 1. The molecule has 136 valence electrons. The Kier molecular flexibility index (Phi) is 6.72. The maximum absolute atomic E-state index is 12.0. The first-order valence-electron chi connectivity index (χ1n) is 6.82. The zero-order valence-electron chi connectivity index (χ0n) is 13.9. The SMILES string of the molecule is COC(=O)c1cccc(N(CCNS(=O)(=O)N(C)C)S(C)(=O)=O)c1. The molecule has 0 saturated heterocycles. The number of hydrogen-bond acceptors (Lipinski definition) is 6. The van der Waals surface area contributed by atoms with Gasteiger partial charge < -0.3 is 4.74 Å². The zero-order chi connectivity index (χ0) is 18.5. The molecule has 0 heterocycles. The van der Waals surface area contributed by atoms with E-state index < -0.39 is 26.2 Å². The zero-order valence-corrected chi connectivity index (χ0v) is 15.5. The van der Waals surface area contributed by atoms with Gasteiger partial charge in [-0.15, -0.1) is 0 Å². The van der Waals surface area contributed by atoms with E-state index in [-0.39, 0.29) is 24.3 Å². The van der Waals surface area contributed by atoms with E-state index in [1.54, 1.807) is 0 Å². The van der Waals surface area contributed by atoms with E-state index in [1.165, 1.54) is 45.5 Å². The second-order valence-corrected chi connectivity index (χ2v) is 8.93. The quantitative estimate of drug-likeness (QED) is 0.617. The van der Waals surface area contributed by atoms with Gasteiger partial charge in [-0.1, -0.05) is 6.07 Å². The lowest BCUT2D eigenvalue weighted by Crippen LogP contribution is -2.42. The molecule has 24 heavy (non-hydrogen) atoms. The van der Waals surface area contributed by atoms with Crippen molar-refractivity contribution in [3.63, 3.8) is 0 Å². The first kappa shape index (κ1) is 20.4. The standard InChI is InChI=1S/C13H21N3O6S2/c1-15(2)24(20,21)14-8-9-16(23(4,18)19)12-7-5-6-11(10-12)13(17)22-3/h5-7,10,14H,8-9H2,1-4H3. The van der Waals surface area contributed by atoms with Crippen molar-refractivity contribution in [1.82, 2.24) is 9.03 Å². The Bertz CT molecular complexity index is 790. The van der Waals surface area contributed by atoms with Crippen LogP contribution in [0, 0.1) is 0 Å². The average molecular weight is 379 g/mol. The molecule has 1 aromatic carbocycles. The number of methoxy groups -OCH3 is 1. The topological polar surface area (TPSA) is 113 Å². The molecule has 9 nitrogen and oxygen atoms in total. The van der Waals surface area contributed by atoms with Crippen molar-refractivity contribution in [3.05, 3.63) is 29.8 Å². The number of rotatable bonds is 8. The molecule has 1 rings (SSSR count). The van der Waals surface area contributed by atoms with Crippen LogP contribution >= 0.6 is 0 Å². The Balaban J connectivity index is 3.02. The molecular formula is C13H21N3O6S2. The van der Waals surface area contributed by atoms with Gasteiger partial charge in [0, 0.05) is 27.2 Å². The Hall–Kier alpha value is -1.69. The fraction of sp³-hybridized carbons (Fsp3) is 0.462. The summed E-state index contributed by atoms with van der Waals surface area (Å²) in [5.41, 5.74) is 0.432. The molecule has 0 amide bonds. The molecule has 0 saturated carbocycles. The molecule has 0 aromatic heterocycles. The Morgan fingerprint density at radius 2 is 1.83 bits per heavy atom. The molecule has 0 bridgehead atoms. The molecule has 0 aliphatic heterocycles. The molecule has 0 aliphatic rings. The van der Waals surface area contributed by atoms with E-state index in [9.17, 15) is 21.6 Å². The third-order valence-corrected chi connectivity index (χ3v) is 5.76. The van der Waals surface area contributed by atoms with Crippen LogP contribution in [0.1, 0.15) is 10.4 Å². The van der Waals surface area contributed by atoms with Crippen molar-refractivity contribution in [1.29, 1.82) is 0 Å². The van der Waals surface area contributed by atoms with E-state index in [2.05, 4.69) is 9.46 Å². The van der Waals surface area contributed by atoms with Crippen LogP contribution in [0.2, 0.25) is 0 Å². The van der Waals surface area contributed by atoms with Crippen LogP contribution < -0.4 is 9.03 Å². The molecular weight excluding hydrogens is 358 g/mol. The van der Waals surface area contributed by atoms with E-state index >= 15 is 0 Å². The van der Waals surface area contributed by atoms with Crippen molar-refractivity contribution < 1.29 is 26.4 Å². The Morgan fingerprint density at radius 3 is 2.33 bits per heavy atom. The second kappa shape index (κ2) is 7.92. The highest BCUT2D eigenvalue weighted by atomic mass is 32.2. The number of nitrogens with zero attached hydrogens (tertiary/aromatic N) is 2. The maximum atomic E-state index is 12.0. The molecule has 1 aromatic rings. The van der Waals surface area contributed by atoms with Crippen LogP contribution in [0.15, 0.2) is 24.3 Å². The summed E-state index contributed by atoms with van der Waals surface area (Å²) >= 11 is 0. The first-order chi connectivity index (χ1) is 11.0. The lowest BCUT2D eigenvalue weighted by Gasteiger charge is -2.23. The first-order valence-corrected chi connectivity index (χ1v) is 10.1. The normalized spacial score (nSPS) is 12.2. The van der Waals surface area contributed by atoms with Gasteiger partial charge in [0.05, 0.1) is 24.6 Å². The maximum Gasteiger partial charge on any atom is 0.337 e. The largest absolute Gasteiger partial charge is 0.465 e. The summed E-state index contributed by atoms with van der Waals surface area (Å²) in [6.45, 7) is -0.257. The van der Waals surface area contributed by atoms with Crippen molar-refractivity contribution >= 4 is 31.9 Å². The van der Waals surface area contributed by atoms with Crippen LogP contribution in [0.5, 0.6) is 0 Å². The molecule has 0 atom stereocenters. The smallest absolute Gasteiger partial charge is 0.337 e. The summed E-state index contributed by atoms with van der Waals surface area (Å²) in [5.74, 6) is -0.599. The number of ether oxygens (including phenoxy) is 1. The highest BCUT2D eigenvalue weighted by Crippen LogP contribution is 2.19. The molecule has 11 heteroatoms. The van der Waals surface area contributed by atoms with E-state index in [0.717, 1.165) is 14.9 Å². The van der Waals surface area contributed by atoms with E-state index in [1.807, 2.05) is 0 Å². The fourth-order valence-corrected chi connectivity index (χ4v) is 3.32.